The van der Waals surface area contributed by atoms with Gasteiger partial charge in [-0.3, -0.25) is 0 Å². The molecule has 0 aliphatic carbocycles. The maximum atomic E-state index is 9.04. The van der Waals surface area contributed by atoms with Crippen LogP contribution in [0.5, 0.6) is 0 Å². The van der Waals surface area contributed by atoms with Crippen molar-refractivity contribution >= 4 is 40.6 Å². The fourth-order valence-electron chi connectivity index (χ4n) is 0.812. The van der Waals surface area contributed by atoms with Gasteiger partial charge >= 0.3 is 0 Å². The number of pyridine rings is 1. The second kappa shape index (κ2) is 5.03. The Bertz CT molecular complexity index is 331. The van der Waals surface area contributed by atoms with Crippen molar-refractivity contribution in [2.75, 3.05) is 11.9 Å². The van der Waals surface area contributed by atoms with Crippen LogP contribution in [-0.4, -0.2) is 22.7 Å². The maximum absolute atomic E-state index is 9.04. The molecular formula is C8H9Cl3N2O. The summed E-state index contributed by atoms with van der Waals surface area (Å²) in [5.41, 5.74) is 0. The van der Waals surface area contributed by atoms with Crippen LogP contribution < -0.4 is 5.32 Å². The summed E-state index contributed by atoms with van der Waals surface area (Å²) in [6.45, 7) is 2.00. The van der Waals surface area contributed by atoms with Gasteiger partial charge in [0, 0.05) is 6.54 Å². The van der Waals surface area contributed by atoms with Crippen molar-refractivity contribution in [2.24, 2.45) is 0 Å². The number of nitrogens with zero attached hydrogens (tertiary/aromatic N) is 1. The number of aliphatic hydroxyl groups excluding tert-OH is 1. The topological polar surface area (TPSA) is 45.1 Å². The molecule has 0 amide bonds. The molecule has 0 saturated heterocycles. The predicted molar refractivity (Wildman–Crippen MR) is 59.4 cm³/mol. The van der Waals surface area contributed by atoms with Crippen molar-refractivity contribution in [1.29, 1.82) is 0 Å². The van der Waals surface area contributed by atoms with E-state index in [9.17, 15) is 0 Å². The van der Waals surface area contributed by atoms with Gasteiger partial charge in [0.1, 0.15) is 11.0 Å². The Morgan fingerprint density at radius 2 is 2.07 bits per heavy atom. The first kappa shape index (κ1) is 11.9. The third kappa shape index (κ3) is 3.17. The molecule has 1 aromatic heterocycles. The molecule has 6 heteroatoms. The fraction of sp³-hybridized carbons (Fsp3) is 0.375. The van der Waals surface area contributed by atoms with Crippen LogP contribution in [0.4, 0.5) is 5.82 Å². The smallest absolute Gasteiger partial charge is 0.150 e. The van der Waals surface area contributed by atoms with Gasteiger partial charge in [-0.2, -0.15) is 0 Å². The summed E-state index contributed by atoms with van der Waals surface area (Å²) in [6.07, 6.45) is -0.484. The van der Waals surface area contributed by atoms with Crippen LogP contribution in [0.25, 0.3) is 0 Å². The van der Waals surface area contributed by atoms with Gasteiger partial charge in [-0.1, -0.05) is 34.8 Å². The van der Waals surface area contributed by atoms with Gasteiger partial charge in [0.15, 0.2) is 0 Å². The number of nitrogens with one attached hydrogen (secondary N) is 1. The number of hydrogen-bond donors (Lipinski definition) is 2. The van der Waals surface area contributed by atoms with Gasteiger partial charge in [-0.25, -0.2) is 4.98 Å². The second-order valence-electron chi connectivity index (χ2n) is 2.82. The third-order valence-corrected chi connectivity index (χ3v) is 2.41. The molecule has 3 nitrogen and oxygen atoms in total. The zero-order chi connectivity index (χ0) is 10.7. The minimum Gasteiger partial charge on any atom is -0.392 e. The monoisotopic (exact) mass is 254 g/mol. The van der Waals surface area contributed by atoms with Crippen LogP contribution in [0.1, 0.15) is 6.92 Å². The van der Waals surface area contributed by atoms with Gasteiger partial charge in [-0.15, -0.1) is 0 Å². The highest BCUT2D eigenvalue weighted by molar-refractivity contribution is 6.42. The summed E-state index contributed by atoms with van der Waals surface area (Å²) in [6, 6.07) is 1.50. The van der Waals surface area contributed by atoms with Crippen LogP contribution in [0.3, 0.4) is 0 Å². The second-order valence-corrected chi connectivity index (χ2v) is 3.99. The first-order chi connectivity index (χ1) is 6.50. The van der Waals surface area contributed by atoms with E-state index in [2.05, 4.69) is 10.3 Å². The lowest BCUT2D eigenvalue weighted by atomic mass is 10.4. The van der Waals surface area contributed by atoms with E-state index in [1.807, 2.05) is 0 Å². The number of anilines is 1. The van der Waals surface area contributed by atoms with Crippen LogP contribution in [0, 0.1) is 0 Å². The van der Waals surface area contributed by atoms with Crippen molar-refractivity contribution in [1.82, 2.24) is 4.98 Å². The molecule has 2 N–H and O–H groups in total. The van der Waals surface area contributed by atoms with E-state index in [0.717, 1.165) is 0 Å². The first-order valence-corrected chi connectivity index (χ1v) is 5.07. The highest BCUT2D eigenvalue weighted by Gasteiger charge is 2.07. The van der Waals surface area contributed by atoms with E-state index in [1.54, 1.807) is 6.92 Å². The molecule has 0 saturated carbocycles. The lowest BCUT2D eigenvalue weighted by Gasteiger charge is -2.09. The van der Waals surface area contributed by atoms with Crippen LogP contribution >= 0.6 is 34.8 Å². The summed E-state index contributed by atoms with van der Waals surface area (Å²) in [5.74, 6) is 0.418. The molecule has 1 unspecified atom stereocenters. The van der Waals surface area contributed by atoms with E-state index >= 15 is 0 Å². The van der Waals surface area contributed by atoms with Crippen molar-refractivity contribution < 1.29 is 5.11 Å². The molecule has 0 aromatic carbocycles. The van der Waals surface area contributed by atoms with Gasteiger partial charge in [0.25, 0.3) is 0 Å². The molecule has 78 valence electrons. The highest BCUT2D eigenvalue weighted by atomic mass is 35.5. The Morgan fingerprint density at radius 1 is 1.43 bits per heavy atom. The Kier molecular flexibility index (Phi) is 4.26. The average molecular weight is 256 g/mol. The molecule has 0 radical (unpaired) electrons. The Hall–Kier alpha value is -0.220. The molecule has 1 atom stereocenters. The quantitative estimate of drug-likeness (QED) is 0.817. The normalized spacial score (nSPS) is 12.6. The number of rotatable bonds is 3. The van der Waals surface area contributed by atoms with E-state index in [4.69, 9.17) is 39.9 Å². The summed E-state index contributed by atoms with van der Waals surface area (Å²) in [4.78, 5) is 3.92. The molecule has 0 spiro atoms. The molecule has 0 bridgehead atoms. The Morgan fingerprint density at radius 3 is 2.64 bits per heavy atom. The van der Waals surface area contributed by atoms with Gasteiger partial charge < -0.3 is 10.4 Å². The minimum absolute atomic E-state index is 0.184. The van der Waals surface area contributed by atoms with Gasteiger partial charge in [-0.05, 0) is 13.0 Å². The number of hydrogen-bond acceptors (Lipinski definition) is 3. The predicted octanol–water partition coefficient (Wildman–Crippen LogP) is 2.83. The highest BCUT2D eigenvalue weighted by Crippen LogP contribution is 2.28. The first-order valence-electron chi connectivity index (χ1n) is 3.94. The van der Waals surface area contributed by atoms with Crippen LogP contribution in [-0.2, 0) is 0 Å². The molecule has 0 aliphatic heterocycles. The molecule has 0 fully saturated rings. The number of halogens is 3. The van der Waals surface area contributed by atoms with Crippen molar-refractivity contribution in [3.63, 3.8) is 0 Å². The third-order valence-electron chi connectivity index (χ3n) is 1.45. The van der Waals surface area contributed by atoms with E-state index < -0.39 is 6.10 Å². The van der Waals surface area contributed by atoms with E-state index in [-0.39, 0.29) is 5.15 Å². The SMILES string of the molecule is CC(O)CNc1nc(Cl)c(Cl)cc1Cl. The number of aromatic nitrogens is 1. The fourth-order valence-corrected chi connectivity index (χ4v) is 1.38. The van der Waals surface area contributed by atoms with Crippen molar-refractivity contribution in [3.05, 3.63) is 21.3 Å². The Balaban J connectivity index is 2.82. The minimum atomic E-state index is -0.484. The lowest BCUT2D eigenvalue weighted by Crippen LogP contribution is -2.16. The molecule has 1 aromatic rings. The van der Waals surface area contributed by atoms with Crippen LogP contribution in [0.15, 0.2) is 6.07 Å². The summed E-state index contributed by atoms with van der Waals surface area (Å²) in [7, 11) is 0. The maximum Gasteiger partial charge on any atom is 0.150 e. The zero-order valence-corrected chi connectivity index (χ0v) is 9.66. The summed E-state index contributed by atoms with van der Waals surface area (Å²) in [5, 5.41) is 12.7. The number of aliphatic hydroxyl groups is 1. The van der Waals surface area contributed by atoms with E-state index in [1.165, 1.54) is 6.07 Å². The molecule has 0 aliphatic rings. The van der Waals surface area contributed by atoms with Gasteiger partial charge in [0.2, 0.25) is 0 Å². The summed E-state index contributed by atoms with van der Waals surface area (Å²) >= 11 is 17.2. The van der Waals surface area contributed by atoms with Crippen molar-refractivity contribution in [3.8, 4) is 0 Å². The molecular weight excluding hydrogens is 246 g/mol. The Labute approximate surface area is 97.0 Å². The average Bonchev–Trinajstić information content (AvgIpc) is 2.09. The molecule has 1 heterocycles. The molecule has 14 heavy (non-hydrogen) atoms. The lowest BCUT2D eigenvalue weighted by molar-refractivity contribution is 0.208. The van der Waals surface area contributed by atoms with E-state index in [0.29, 0.717) is 22.4 Å². The molecule has 1 rings (SSSR count). The van der Waals surface area contributed by atoms with Crippen LogP contribution in [0.2, 0.25) is 15.2 Å². The standard InChI is InChI=1S/C8H9Cl3N2O/c1-4(14)3-12-8-6(10)2-5(9)7(11)13-8/h2,4,14H,3H2,1H3,(H,12,13). The van der Waals surface area contributed by atoms with Gasteiger partial charge in [0.05, 0.1) is 16.1 Å². The zero-order valence-electron chi connectivity index (χ0n) is 7.39. The summed E-state index contributed by atoms with van der Waals surface area (Å²) < 4.78 is 0. The van der Waals surface area contributed by atoms with Crippen molar-refractivity contribution in [2.45, 2.75) is 13.0 Å². The largest absolute Gasteiger partial charge is 0.392 e.